The zero-order valence-electron chi connectivity index (χ0n) is 9.70. The third-order valence-corrected chi connectivity index (χ3v) is 2.64. The van der Waals surface area contributed by atoms with Crippen molar-refractivity contribution in [3.05, 3.63) is 17.8 Å². The lowest BCUT2D eigenvalue weighted by atomic mass is 10.3. The van der Waals surface area contributed by atoms with Crippen LogP contribution in [-0.2, 0) is 4.74 Å². The van der Waals surface area contributed by atoms with Crippen molar-refractivity contribution in [3.63, 3.8) is 0 Å². The van der Waals surface area contributed by atoms with Gasteiger partial charge in [0.2, 0.25) is 0 Å². The molecule has 4 heteroatoms. The number of nitrogen functional groups attached to an aromatic ring is 1. The van der Waals surface area contributed by atoms with Crippen LogP contribution in [0.5, 0.6) is 0 Å². The summed E-state index contributed by atoms with van der Waals surface area (Å²) in [5, 5.41) is 3.17. The number of nitrogens with zero attached hydrogens (tertiary/aromatic N) is 1. The number of pyridine rings is 1. The highest BCUT2D eigenvalue weighted by Crippen LogP contribution is 2.28. The number of anilines is 2. The molecule has 0 unspecified atom stereocenters. The van der Waals surface area contributed by atoms with E-state index in [2.05, 4.69) is 10.3 Å². The van der Waals surface area contributed by atoms with Crippen molar-refractivity contribution in [2.45, 2.75) is 19.8 Å². The second kappa shape index (κ2) is 5.16. The van der Waals surface area contributed by atoms with Gasteiger partial charge in [-0.25, -0.2) is 4.98 Å². The van der Waals surface area contributed by atoms with E-state index in [9.17, 15) is 0 Å². The summed E-state index contributed by atoms with van der Waals surface area (Å²) in [5.41, 5.74) is 7.60. The number of aromatic nitrogens is 1. The molecule has 1 aliphatic rings. The summed E-state index contributed by atoms with van der Waals surface area (Å²) in [6.45, 7) is 4.35. The third-order valence-electron chi connectivity index (χ3n) is 2.64. The molecule has 16 heavy (non-hydrogen) atoms. The summed E-state index contributed by atoms with van der Waals surface area (Å²) in [7, 11) is 0. The quantitative estimate of drug-likeness (QED) is 0.719. The zero-order valence-corrected chi connectivity index (χ0v) is 9.70. The third kappa shape index (κ3) is 3.38. The molecule has 0 amide bonds. The summed E-state index contributed by atoms with van der Waals surface area (Å²) in [4.78, 5) is 4.23. The summed E-state index contributed by atoms with van der Waals surface area (Å²) in [6, 6.07) is 1.92. The Morgan fingerprint density at radius 1 is 1.56 bits per heavy atom. The maximum atomic E-state index is 5.83. The highest BCUT2D eigenvalue weighted by Gasteiger charge is 2.20. The minimum Gasteiger partial charge on any atom is -0.396 e. The van der Waals surface area contributed by atoms with E-state index in [0.717, 1.165) is 30.5 Å². The minimum atomic E-state index is 0.696. The predicted molar refractivity (Wildman–Crippen MR) is 65.4 cm³/mol. The standard InChI is InChI=1S/C12H19N3O/c1-9-6-11(13)12(15-7-9)14-4-5-16-8-10-2-3-10/h6-7,10H,2-5,8,13H2,1H3,(H,14,15). The van der Waals surface area contributed by atoms with E-state index >= 15 is 0 Å². The van der Waals surface area contributed by atoms with Crippen molar-refractivity contribution >= 4 is 11.5 Å². The fourth-order valence-electron chi connectivity index (χ4n) is 1.52. The molecule has 0 aliphatic heterocycles. The topological polar surface area (TPSA) is 60.2 Å². The predicted octanol–water partition coefficient (Wildman–Crippen LogP) is 1.81. The summed E-state index contributed by atoms with van der Waals surface area (Å²) < 4.78 is 5.51. The first-order valence-electron chi connectivity index (χ1n) is 5.79. The van der Waals surface area contributed by atoms with Crippen molar-refractivity contribution in [3.8, 4) is 0 Å². The minimum absolute atomic E-state index is 0.696. The molecule has 2 rings (SSSR count). The Hall–Kier alpha value is -1.29. The van der Waals surface area contributed by atoms with Gasteiger partial charge in [-0.15, -0.1) is 0 Å². The van der Waals surface area contributed by atoms with Crippen LogP contribution in [0, 0.1) is 12.8 Å². The molecule has 3 N–H and O–H groups in total. The Morgan fingerprint density at radius 3 is 3.06 bits per heavy atom. The van der Waals surface area contributed by atoms with Gasteiger partial charge in [-0.3, -0.25) is 0 Å². The number of hydrogen-bond acceptors (Lipinski definition) is 4. The average molecular weight is 221 g/mol. The van der Waals surface area contributed by atoms with Crippen LogP contribution in [0.2, 0.25) is 0 Å². The Kier molecular flexibility index (Phi) is 3.62. The van der Waals surface area contributed by atoms with Crippen LogP contribution in [-0.4, -0.2) is 24.7 Å². The molecule has 4 nitrogen and oxygen atoms in total. The molecule has 1 aromatic heterocycles. The maximum Gasteiger partial charge on any atom is 0.149 e. The smallest absolute Gasteiger partial charge is 0.149 e. The van der Waals surface area contributed by atoms with E-state index in [1.165, 1.54) is 12.8 Å². The van der Waals surface area contributed by atoms with Crippen molar-refractivity contribution in [2.24, 2.45) is 5.92 Å². The molecule has 88 valence electrons. The molecular weight excluding hydrogens is 202 g/mol. The van der Waals surface area contributed by atoms with Gasteiger partial charge in [0.25, 0.3) is 0 Å². The van der Waals surface area contributed by atoms with Crippen LogP contribution in [0.3, 0.4) is 0 Å². The van der Waals surface area contributed by atoms with Crippen molar-refractivity contribution < 1.29 is 4.74 Å². The number of aryl methyl sites for hydroxylation is 1. The van der Waals surface area contributed by atoms with E-state index < -0.39 is 0 Å². The van der Waals surface area contributed by atoms with Crippen LogP contribution in [0.25, 0.3) is 0 Å². The van der Waals surface area contributed by atoms with Gasteiger partial charge < -0.3 is 15.8 Å². The first-order valence-corrected chi connectivity index (χ1v) is 5.79. The molecule has 0 aromatic carbocycles. The number of nitrogens with one attached hydrogen (secondary N) is 1. The molecule has 0 radical (unpaired) electrons. The summed E-state index contributed by atoms with van der Waals surface area (Å²) in [6.07, 6.45) is 4.48. The summed E-state index contributed by atoms with van der Waals surface area (Å²) in [5.74, 6) is 1.57. The normalized spacial score (nSPS) is 15.1. The lowest BCUT2D eigenvalue weighted by molar-refractivity contribution is 0.134. The Bertz CT molecular complexity index is 350. The monoisotopic (exact) mass is 221 g/mol. The van der Waals surface area contributed by atoms with E-state index in [1.807, 2.05) is 19.2 Å². The van der Waals surface area contributed by atoms with Crippen LogP contribution < -0.4 is 11.1 Å². The van der Waals surface area contributed by atoms with Crippen molar-refractivity contribution in [1.82, 2.24) is 4.98 Å². The lowest BCUT2D eigenvalue weighted by Gasteiger charge is -2.08. The molecule has 0 saturated heterocycles. The van der Waals surface area contributed by atoms with Crippen LogP contribution in [0.15, 0.2) is 12.3 Å². The zero-order chi connectivity index (χ0) is 11.4. The van der Waals surface area contributed by atoms with Gasteiger partial charge in [0.15, 0.2) is 0 Å². The molecule has 1 fully saturated rings. The van der Waals surface area contributed by atoms with Gasteiger partial charge >= 0.3 is 0 Å². The van der Waals surface area contributed by atoms with E-state index in [1.54, 1.807) is 0 Å². The van der Waals surface area contributed by atoms with Crippen LogP contribution >= 0.6 is 0 Å². The molecule has 1 aliphatic carbocycles. The first-order chi connectivity index (χ1) is 7.75. The SMILES string of the molecule is Cc1cnc(NCCOCC2CC2)c(N)c1. The van der Waals surface area contributed by atoms with E-state index in [4.69, 9.17) is 10.5 Å². The Morgan fingerprint density at radius 2 is 2.38 bits per heavy atom. The molecule has 0 spiro atoms. The molecule has 0 atom stereocenters. The maximum absolute atomic E-state index is 5.83. The molecule has 1 saturated carbocycles. The molecule has 1 aromatic rings. The number of nitrogens with two attached hydrogens (primary N) is 1. The van der Waals surface area contributed by atoms with Crippen molar-refractivity contribution in [2.75, 3.05) is 30.8 Å². The van der Waals surface area contributed by atoms with Gasteiger partial charge in [0.05, 0.1) is 12.3 Å². The van der Waals surface area contributed by atoms with E-state index in [0.29, 0.717) is 12.3 Å². The van der Waals surface area contributed by atoms with E-state index in [-0.39, 0.29) is 0 Å². The van der Waals surface area contributed by atoms with Crippen LogP contribution in [0.4, 0.5) is 11.5 Å². The average Bonchev–Trinajstić information content (AvgIpc) is 3.04. The molecule has 0 bridgehead atoms. The highest BCUT2D eigenvalue weighted by atomic mass is 16.5. The van der Waals surface area contributed by atoms with Crippen molar-refractivity contribution in [1.29, 1.82) is 0 Å². The number of hydrogen-bond donors (Lipinski definition) is 2. The largest absolute Gasteiger partial charge is 0.396 e. The lowest BCUT2D eigenvalue weighted by Crippen LogP contribution is -2.12. The van der Waals surface area contributed by atoms with Crippen LogP contribution in [0.1, 0.15) is 18.4 Å². The Labute approximate surface area is 96.2 Å². The number of rotatable bonds is 6. The number of ether oxygens (including phenoxy) is 1. The van der Waals surface area contributed by atoms with Gasteiger partial charge in [0.1, 0.15) is 5.82 Å². The van der Waals surface area contributed by atoms with Gasteiger partial charge in [-0.05, 0) is 37.3 Å². The highest BCUT2D eigenvalue weighted by molar-refractivity contribution is 5.61. The second-order valence-electron chi connectivity index (χ2n) is 4.40. The second-order valence-corrected chi connectivity index (χ2v) is 4.40. The van der Waals surface area contributed by atoms with Gasteiger partial charge in [-0.1, -0.05) is 0 Å². The first kappa shape index (κ1) is 11.2. The van der Waals surface area contributed by atoms with Gasteiger partial charge in [0, 0.05) is 19.3 Å². The Balaban J connectivity index is 1.67. The summed E-state index contributed by atoms with van der Waals surface area (Å²) >= 11 is 0. The molecular formula is C12H19N3O. The fourth-order valence-corrected chi connectivity index (χ4v) is 1.52. The van der Waals surface area contributed by atoms with Gasteiger partial charge in [-0.2, -0.15) is 0 Å². The molecule has 1 heterocycles. The fraction of sp³-hybridized carbons (Fsp3) is 0.583.